The van der Waals surface area contributed by atoms with Gasteiger partial charge in [0, 0.05) is 36.7 Å². The molecule has 0 saturated carbocycles. The highest BCUT2D eigenvalue weighted by Crippen LogP contribution is 2.16. The molecule has 0 saturated heterocycles. The molecule has 116 valence electrons. The summed E-state index contributed by atoms with van der Waals surface area (Å²) in [4.78, 5) is 24.9. The van der Waals surface area contributed by atoms with Crippen LogP contribution in [-0.2, 0) is 4.79 Å². The maximum absolute atomic E-state index is 12.0. The maximum atomic E-state index is 12.0. The Hall–Kier alpha value is -2.56. The lowest BCUT2D eigenvalue weighted by Crippen LogP contribution is -2.36. The smallest absolute Gasteiger partial charge is 0.251 e. The number of aromatic nitrogens is 1. The molecule has 2 aromatic rings. The summed E-state index contributed by atoms with van der Waals surface area (Å²) in [5.41, 5.74) is 3.84. The highest BCUT2D eigenvalue weighted by molar-refractivity contribution is 5.96. The van der Waals surface area contributed by atoms with Gasteiger partial charge in [0.15, 0.2) is 0 Å². The lowest BCUT2D eigenvalue weighted by Gasteiger charge is -2.12. The van der Waals surface area contributed by atoms with Crippen LogP contribution in [0.5, 0.6) is 0 Å². The van der Waals surface area contributed by atoms with Crippen LogP contribution in [0.4, 0.5) is 0 Å². The largest absolute Gasteiger partial charge is 0.347 e. The molecule has 5 heteroatoms. The third-order valence-electron chi connectivity index (χ3n) is 3.56. The molecule has 0 aliphatic rings. The molecule has 5 nitrogen and oxygen atoms in total. The minimum atomic E-state index is -0.247. The zero-order chi connectivity index (χ0) is 16.3. The van der Waals surface area contributed by atoms with Crippen molar-refractivity contribution >= 4 is 11.8 Å². The van der Waals surface area contributed by atoms with Gasteiger partial charge in [0.05, 0.1) is 6.54 Å². The molecule has 1 heterocycles. The molecule has 0 aliphatic heterocycles. The minimum Gasteiger partial charge on any atom is -0.347 e. The van der Waals surface area contributed by atoms with E-state index in [1.54, 1.807) is 26.2 Å². The second-order valence-electron chi connectivity index (χ2n) is 5.47. The average Bonchev–Trinajstić information content (AvgIpc) is 2.83. The first kappa shape index (κ1) is 15.8. The number of carbonyl (C=O) groups is 2. The molecule has 0 aliphatic carbocycles. The van der Waals surface area contributed by atoms with Crippen molar-refractivity contribution < 1.29 is 9.59 Å². The highest BCUT2D eigenvalue weighted by Gasteiger charge is 2.10. The van der Waals surface area contributed by atoms with Crippen LogP contribution in [0.15, 0.2) is 36.4 Å². The number of hydrogen-bond acceptors (Lipinski definition) is 2. The van der Waals surface area contributed by atoms with Crippen molar-refractivity contribution in [2.75, 3.05) is 20.6 Å². The third-order valence-corrected chi connectivity index (χ3v) is 3.56. The van der Waals surface area contributed by atoms with Gasteiger partial charge in [0.25, 0.3) is 5.91 Å². The van der Waals surface area contributed by atoms with Crippen LogP contribution in [-0.4, -0.2) is 41.9 Å². The Morgan fingerprint density at radius 3 is 2.05 bits per heavy atom. The molecule has 2 amide bonds. The van der Waals surface area contributed by atoms with Crippen LogP contribution in [0.25, 0.3) is 5.69 Å². The van der Waals surface area contributed by atoms with Crippen LogP contribution >= 0.6 is 0 Å². The summed E-state index contributed by atoms with van der Waals surface area (Å²) in [5.74, 6) is -0.383. The molecule has 0 bridgehead atoms. The summed E-state index contributed by atoms with van der Waals surface area (Å²) in [6.07, 6.45) is 0. The summed E-state index contributed by atoms with van der Waals surface area (Å²) < 4.78 is 2.12. The first-order valence-corrected chi connectivity index (χ1v) is 7.14. The van der Waals surface area contributed by atoms with E-state index in [2.05, 4.69) is 22.0 Å². The fourth-order valence-corrected chi connectivity index (χ4v) is 2.25. The van der Waals surface area contributed by atoms with E-state index in [0.717, 1.165) is 17.1 Å². The summed E-state index contributed by atoms with van der Waals surface area (Å²) in [5, 5.41) is 2.62. The Morgan fingerprint density at radius 2 is 1.55 bits per heavy atom. The zero-order valence-corrected chi connectivity index (χ0v) is 13.4. The summed E-state index contributed by atoms with van der Waals surface area (Å²) in [7, 11) is 3.32. The SMILES string of the molecule is Cc1ccc(C)n1-c1ccc(C(=O)NCC(=O)N(C)C)cc1. The molecule has 0 spiro atoms. The van der Waals surface area contributed by atoms with E-state index in [0.29, 0.717) is 5.56 Å². The number of nitrogens with one attached hydrogen (secondary N) is 1. The van der Waals surface area contributed by atoms with Gasteiger partial charge in [-0.3, -0.25) is 9.59 Å². The van der Waals surface area contributed by atoms with E-state index in [4.69, 9.17) is 0 Å². The molecule has 22 heavy (non-hydrogen) atoms. The second-order valence-corrected chi connectivity index (χ2v) is 5.47. The van der Waals surface area contributed by atoms with Crippen LogP contribution in [0.2, 0.25) is 0 Å². The van der Waals surface area contributed by atoms with Gasteiger partial charge in [-0.15, -0.1) is 0 Å². The van der Waals surface area contributed by atoms with Crippen LogP contribution in [0.1, 0.15) is 21.7 Å². The van der Waals surface area contributed by atoms with Gasteiger partial charge < -0.3 is 14.8 Å². The quantitative estimate of drug-likeness (QED) is 0.937. The number of amides is 2. The fourth-order valence-electron chi connectivity index (χ4n) is 2.25. The van der Waals surface area contributed by atoms with Crippen molar-refractivity contribution in [2.24, 2.45) is 0 Å². The second kappa shape index (κ2) is 6.47. The average molecular weight is 299 g/mol. The molecule has 0 fully saturated rings. The maximum Gasteiger partial charge on any atom is 0.251 e. The number of carbonyl (C=O) groups excluding carboxylic acids is 2. The van der Waals surface area contributed by atoms with Gasteiger partial charge in [0.1, 0.15) is 0 Å². The van der Waals surface area contributed by atoms with E-state index >= 15 is 0 Å². The summed E-state index contributed by atoms with van der Waals surface area (Å²) >= 11 is 0. The Bertz CT molecular complexity index is 665. The number of hydrogen-bond donors (Lipinski definition) is 1. The number of aryl methyl sites for hydroxylation is 2. The van der Waals surface area contributed by atoms with Crippen molar-refractivity contribution in [1.29, 1.82) is 0 Å². The number of likely N-dealkylation sites (N-methyl/N-ethyl adjacent to an activating group) is 1. The van der Waals surface area contributed by atoms with Crippen LogP contribution in [0.3, 0.4) is 0 Å². The Balaban J connectivity index is 2.09. The monoisotopic (exact) mass is 299 g/mol. The van der Waals surface area contributed by atoms with E-state index in [9.17, 15) is 9.59 Å². The van der Waals surface area contributed by atoms with Gasteiger partial charge in [-0.2, -0.15) is 0 Å². The van der Waals surface area contributed by atoms with Gasteiger partial charge >= 0.3 is 0 Å². The molecular weight excluding hydrogens is 278 g/mol. The number of benzene rings is 1. The Kier molecular flexibility index (Phi) is 4.65. The lowest BCUT2D eigenvalue weighted by molar-refractivity contribution is -0.127. The van der Waals surface area contributed by atoms with Crippen molar-refractivity contribution in [3.63, 3.8) is 0 Å². The predicted octanol–water partition coefficient (Wildman–Crippen LogP) is 1.91. The molecule has 0 unspecified atom stereocenters. The van der Waals surface area contributed by atoms with Crippen molar-refractivity contribution in [1.82, 2.24) is 14.8 Å². The number of nitrogens with zero attached hydrogens (tertiary/aromatic N) is 2. The van der Waals surface area contributed by atoms with E-state index < -0.39 is 0 Å². The third kappa shape index (κ3) is 3.36. The molecule has 2 rings (SSSR count). The molecule has 0 radical (unpaired) electrons. The Morgan fingerprint density at radius 1 is 1.00 bits per heavy atom. The molecule has 0 atom stereocenters. The Labute approximate surface area is 130 Å². The van der Waals surface area contributed by atoms with Gasteiger partial charge in [0.2, 0.25) is 5.91 Å². The zero-order valence-electron chi connectivity index (χ0n) is 13.4. The van der Waals surface area contributed by atoms with Crippen molar-refractivity contribution in [3.8, 4) is 5.69 Å². The van der Waals surface area contributed by atoms with Crippen molar-refractivity contribution in [2.45, 2.75) is 13.8 Å². The highest BCUT2D eigenvalue weighted by atomic mass is 16.2. The minimum absolute atomic E-state index is 0.00337. The fraction of sp³-hybridized carbons (Fsp3) is 0.294. The molecule has 1 aromatic carbocycles. The van der Waals surface area contributed by atoms with Gasteiger partial charge in [-0.1, -0.05) is 0 Å². The topological polar surface area (TPSA) is 54.3 Å². The molecule has 1 aromatic heterocycles. The lowest BCUT2D eigenvalue weighted by atomic mass is 10.2. The predicted molar refractivity (Wildman–Crippen MR) is 86.3 cm³/mol. The standard InChI is InChI=1S/C17H21N3O2/c1-12-5-6-13(2)20(12)15-9-7-14(8-10-15)17(22)18-11-16(21)19(3)4/h5-10H,11H2,1-4H3,(H,18,22). The van der Waals surface area contributed by atoms with E-state index in [1.807, 2.05) is 26.0 Å². The summed E-state index contributed by atoms with van der Waals surface area (Å²) in [6.45, 7) is 4.09. The van der Waals surface area contributed by atoms with Gasteiger partial charge in [-0.05, 0) is 50.2 Å². The van der Waals surface area contributed by atoms with E-state index in [-0.39, 0.29) is 18.4 Å². The van der Waals surface area contributed by atoms with Crippen LogP contribution in [0, 0.1) is 13.8 Å². The van der Waals surface area contributed by atoms with Crippen LogP contribution < -0.4 is 5.32 Å². The molecular formula is C17H21N3O2. The molecule has 1 N–H and O–H groups in total. The van der Waals surface area contributed by atoms with Gasteiger partial charge in [-0.25, -0.2) is 0 Å². The first-order chi connectivity index (χ1) is 10.4. The number of rotatable bonds is 4. The first-order valence-electron chi connectivity index (χ1n) is 7.14. The van der Waals surface area contributed by atoms with Crippen molar-refractivity contribution in [3.05, 3.63) is 53.3 Å². The van der Waals surface area contributed by atoms with E-state index in [1.165, 1.54) is 4.90 Å². The summed E-state index contributed by atoms with van der Waals surface area (Å²) in [6, 6.07) is 11.5. The normalized spacial score (nSPS) is 10.4.